The lowest BCUT2D eigenvalue weighted by molar-refractivity contribution is 0.0527. The Balaban J connectivity index is 2.24. The van der Waals surface area contributed by atoms with E-state index in [4.69, 9.17) is 9.15 Å². The van der Waals surface area contributed by atoms with Crippen LogP contribution in [0.5, 0.6) is 0 Å². The number of nitrogens with one attached hydrogen (secondary N) is 2. The summed E-state index contributed by atoms with van der Waals surface area (Å²) in [6.45, 7) is 5.66. The molecule has 1 amide bonds. The fourth-order valence-electron chi connectivity index (χ4n) is 2.10. The molecule has 0 unspecified atom stereocenters. The number of aromatic nitrogens is 1. The highest BCUT2D eigenvalue weighted by molar-refractivity contribution is 6.08. The second-order valence-corrected chi connectivity index (χ2v) is 4.49. The molecule has 0 atom stereocenters. The number of ether oxygens (including phenoxy) is 1. The van der Waals surface area contributed by atoms with Gasteiger partial charge in [0.25, 0.3) is 5.91 Å². The van der Waals surface area contributed by atoms with E-state index in [0.29, 0.717) is 34.7 Å². The van der Waals surface area contributed by atoms with Crippen molar-refractivity contribution in [3.8, 4) is 0 Å². The maximum atomic E-state index is 12.3. The van der Waals surface area contributed by atoms with Crippen molar-refractivity contribution in [1.29, 1.82) is 0 Å². The van der Waals surface area contributed by atoms with Gasteiger partial charge in [0.2, 0.25) is 0 Å². The molecule has 0 saturated carbocycles. The summed E-state index contributed by atoms with van der Waals surface area (Å²) in [5.41, 5.74) is 1.85. The maximum Gasteiger partial charge on any atom is 0.342 e. The zero-order chi connectivity index (χ0) is 15.4. The Morgan fingerprint density at radius 3 is 2.81 bits per heavy atom. The summed E-state index contributed by atoms with van der Waals surface area (Å²) >= 11 is 0. The Bertz CT molecular complexity index is 654. The van der Waals surface area contributed by atoms with E-state index in [1.165, 1.54) is 6.26 Å². The second kappa shape index (κ2) is 6.30. The lowest BCUT2D eigenvalue weighted by atomic mass is 10.2. The van der Waals surface area contributed by atoms with Crippen LogP contribution in [0.1, 0.15) is 46.0 Å². The molecule has 0 saturated heterocycles. The van der Waals surface area contributed by atoms with Crippen molar-refractivity contribution in [2.24, 2.45) is 0 Å². The monoisotopic (exact) mass is 290 g/mol. The van der Waals surface area contributed by atoms with Gasteiger partial charge in [0, 0.05) is 18.3 Å². The first-order chi connectivity index (χ1) is 10.1. The topological polar surface area (TPSA) is 84.3 Å². The molecule has 2 heterocycles. The average molecular weight is 290 g/mol. The molecule has 2 rings (SSSR count). The summed E-state index contributed by atoms with van der Waals surface area (Å²) in [5, 5.41) is 2.72. The molecule has 0 spiro atoms. The number of rotatable bonds is 5. The van der Waals surface area contributed by atoms with Gasteiger partial charge in [-0.05, 0) is 19.9 Å². The van der Waals surface area contributed by atoms with Crippen molar-refractivity contribution >= 4 is 17.6 Å². The van der Waals surface area contributed by atoms with Crippen molar-refractivity contribution in [2.45, 2.75) is 27.2 Å². The number of hydrogen-bond acceptors (Lipinski definition) is 4. The molecular weight excluding hydrogens is 272 g/mol. The predicted molar refractivity (Wildman–Crippen MR) is 77.5 cm³/mol. The number of aromatic amines is 1. The van der Waals surface area contributed by atoms with Crippen LogP contribution in [0.3, 0.4) is 0 Å². The van der Waals surface area contributed by atoms with Crippen LogP contribution in [-0.4, -0.2) is 23.5 Å². The molecule has 0 aromatic carbocycles. The Morgan fingerprint density at radius 2 is 2.14 bits per heavy atom. The smallest absolute Gasteiger partial charge is 0.342 e. The Morgan fingerprint density at radius 1 is 1.38 bits per heavy atom. The molecular formula is C15H18N2O4. The Labute approximate surface area is 122 Å². The third-order valence-corrected chi connectivity index (χ3v) is 3.12. The van der Waals surface area contributed by atoms with Gasteiger partial charge in [-0.2, -0.15) is 0 Å². The second-order valence-electron chi connectivity index (χ2n) is 4.49. The van der Waals surface area contributed by atoms with Gasteiger partial charge in [-0.1, -0.05) is 6.92 Å². The van der Waals surface area contributed by atoms with Gasteiger partial charge in [0.1, 0.15) is 11.3 Å². The van der Waals surface area contributed by atoms with Crippen molar-refractivity contribution in [1.82, 2.24) is 4.98 Å². The molecule has 6 nitrogen and oxygen atoms in total. The summed E-state index contributed by atoms with van der Waals surface area (Å²) in [5.74, 6) is -0.169. The van der Waals surface area contributed by atoms with Gasteiger partial charge >= 0.3 is 5.97 Å². The number of carbonyl (C=O) groups excluding carboxylic acids is 2. The van der Waals surface area contributed by atoms with Crippen molar-refractivity contribution in [2.75, 3.05) is 11.9 Å². The molecule has 2 aromatic heterocycles. The summed E-state index contributed by atoms with van der Waals surface area (Å²) in [6.07, 6.45) is 3.67. The van der Waals surface area contributed by atoms with Gasteiger partial charge in [0.15, 0.2) is 0 Å². The molecule has 21 heavy (non-hydrogen) atoms. The first-order valence-electron chi connectivity index (χ1n) is 6.81. The molecule has 0 fully saturated rings. The fourth-order valence-corrected chi connectivity index (χ4v) is 2.10. The van der Waals surface area contributed by atoms with Crippen LogP contribution in [0.2, 0.25) is 0 Å². The van der Waals surface area contributed by atoms with Crippen LogP contribution >= 0.6 is 0 Å². The van der Waals surface area contributed by atoms with Crippen molar-refractivity contribution in [3.63, 3.8) is 0 Å². The summed E-state index contributed by atoms with van der Waals surface area (Å²) in [4.78, 5) is 27.1. The standard InChI is InChI=1S/C15H18N2O4/c1-4-12-10(6-7-21-12)14(18)17-11-8-16-9(3)13(11)15(19)20-5-2/h6-8,16H,4-5H2,1-3H3,(H,17,18). The molecule has 0 aliphatic carbocycles. The van der Waals surface area contributed by atoms with E-state index in [2.05, 4.69) is 10.3 Å². The van der Waals surface area contributed by atoms with E-state index >= 15 is 0 Å². The van der Waals surface area contributed by atoms with Gasteiger partial charge in [0.05, 0.1) is 24.1 Å². The number of H-pyrrole nitrogens is 1. The first kappa shape index (κ1) is 14.9. The minimum Gasteiger partial charge on any atom is -0.469 e. The molecule has 0 bridgehead atoms. The molecule has 0 radical (unpaired) electrons. The van der Waals surface area contributed by atoms with Crippen LogP contribution in [0.4, 0.5) is 5.69 Å². The summed E-state index contributed by atoms with van der Waals surface area (Å²) < 4.78 is 10.2. The zero-order valence-corrected chi connectivity index (χ0v) is 12.3. The lowest BCUT2D eigenvalue weighted by Crippen LogP contribution is -2.15. The molecule has 6 heteroatoms. The van der Waals surface area contributed by atoms with Gasteiger partial charge in [-0.15, -0.1) is 0 Å². The number of carbonyl (C=O) groups is 2. The summed E-state index contributed by atoms with van der Waals surface area (Å²) in [7, 11) is 0. The van der Waals surface area contributed by atoms with E-state index in [9.17, 15) is 9.59 Å². The highest BCUT2D eigenvalue weighted by atomic mass is 16.5. The van der Waals surface area contributed by atoms with Gasteiger partial charge < -0.3 is 19.5 Å². The third kappa shape index (κ3) is 2.99. The number of esters is 1. The Hall–Kier alpha value is -2.50. The van der Waals surface area contributed by atoms with E-state index in [1.807, 2.05) is 6.92 Å². The minimum absolute atomic E-state index is 0.276. The number of amides is 1. The summed E-state index contributed by atoms with van der Waals surface area (Å²) in [6, 6.07) is 1.61. The third-order valence-electron chi connectivity index (χ3n) is 3.12. The SMILES string of the molecule is CCOC(=O)c1c(NC(=O)c2ccoc2CC)c[nH]c1C. The maximum absolute atomic E-state index is 12.3. The van der Waals surface area contributed by atoms with E-state index in [0.717, 1.165) is 0 Å². The number of furan rings is 1. The van der Waals surface area contributed by atoms with E-state index < -0.39 is 5.97 Å². The normalized spacial score (nSPS) is 10.4. The van der Waals surface area contributed by atoms with Crippen molar-refractivity contribution < 1.29 is 18.7 Å². The highest BCUT2D eigenvalue weighted by Crippen LogP contribution is 2.22. The molecule has 0 aliphatic heterocycles. The lowest BCUT2D eigenvalue weighted by Gasteiger charge is -2.07. The highest BCUT2D eigenvalue weighted by Gasteiger charge is 2.21. The van der Waals surface area contributed by atoms with Crippen molar-refractivity contribution in [3.05, 3.63) is 41.1 Å². The first-order valence-corrected chi connectivity index (χ1v) is 6.81. The fraction of sp³-hybridized carbons (Fsp3) is 0.333. The zero-order valence-electron chi connectivity index (χ0n) is 12.3. The molecule has 112 valence electrons. The van der Waals surface area contributed by atoms with Gasteiger partial charge in [-0.25, -0.2) is 4.79 Å². The minimum atomic E-state index is -0.463. The molecule has 0 aliphatic rings. The average Bonchev–Trinajstić information content (AvgIpc) is 3.05. The molecule has 2 aromatic rings. The number of anilines is 1. The quantitative estimate of drug-likeness (QED) is 0.829. The van der Waals surface area contributed by atoms with Crippen LogP contribution < -0.4 is 5.32 Å². The number of hydrogen-bond donors (Lipinski definition) is 2. The van der Waals surface area contributed by atoms with Crippen LogP contribution in [-0.2, 0) is 11.2 Å². The number of aryl methyl sites for hydroxylation is 2. The Kier molecular flexibility index (Phi) is 4.47. The van der Waals surface area contributed by atoms with E-state index in [-0.39, 0.29) is 12.5 Å². The van der Waals surface area contributed by atoms with Crippen LogP contribution in [0.15, 0.2) is 22.9 Å². The van der Waals surface area contributed by atoms with Gasteiger partial charge in [-0.3, -0.25) is 4.79 Å². The predicted octanol–water partition coefficient (Wildman–Crippen LogP) is 2.91. The van der Waals surface area contributed by atoms with Crippen LogP contribution in [0, 0.1) is 6.92 Å². The largest absolute Gasteiger partial charge is 0.469 e. The van der Waals surface area contributed by atoms with Crippen LogP contribution in [0.25, 0.3) is 0 Å². The van der Waals surface area contributed by atoms with E-state index in [1.54, 1.807) is 26.1 Å². The molecule has 2 N–H and O–H groups in total.